The molecule has 3 heteroatoms. The van der Waals surface area contributed by atoms with Crippen molar-refractivity contribution in [2.45, 2.75) is 25.3 Å². The summed E-state index contributed by atoms with van der Waals surface area (Å²) in [6.45, 7) is 2.95. The molecule has 1 amide bonds. The maximum atomic E-state index is 12.6. The molecule has 1 fully saturated rings. The van der Waals surface area contributed by atoms with E-state index in [-0.39, 0.29) is 11.9 Å². The van der Waals surface area contributed by atoms with E-state index in [0.29, 0.717) is 16.5 Å². The Kier molecular flexibility index (Phi) is 3.98. The first-order valence-corrected chi connectivity index (χ1v) is 7.66. The van der Waals surface area contributed by atoms with Gasteiger partial charge in [0.25, 0.3) is 5.91 Å². The van der Waals surface area contributed by atoms with Crippen molar-refractivity contribution >= 4 is 17.5 Å². The van der Waals surface area contributed by atoms with Crippen LogP contribution in [0.4, 0.5) is 0 Å². The molecule has 108 valence electrons. The van der Waals surface area contributed by atoms with Gasteiger partial charge < -0.3 is 4.90 Å². The summed E-state index contributed by atoms with van der Waals surface area (Å²) in [5.74, 6) is 0.514. The Hall–Kier alpha value is -1.80. The second kappa shape index (κ2) is 5.90. The van der Waals surface area contributed by atoms with Gasteiger partial charge >= 0.3 is 0 Å². The van der Waals surface area contributed by atoms with Crippen molar-refractivity contribution in [3.63, 3.8) is 0 Å². The van der Waals surface area contributed by atoms with Crippen molar-refractivity contribution in [1.29, 1.82) is 0 Å². The van der Waals surface area contributed by atoms with E-state index in [2.05, 4.69) is 31.2 Å². The smallest absolute Gasteiger partial charge is 0.254 e. The SMILES string of the molecule is C[C@H]1[C@@H](c2ccccc2)CCN1C(=O)c1ccc(Cl)cc1. The predicted octanol–water partition coefficient (Wildman–Crippen LogP) is 4.36. The summed E-state index contributed by atoms with van der Waals surface area (Å²) in [5, 5.41) is 0.656. The molecular weight excluding hydrogens is 282 g/mol. The van der Waals surface area contributed by atoms with Gasteiger partial charge in [-0.3, -0.25) is 4.79 Å². The zero-order valence-electron chi connectivity index (χ0n) is 12.0. The summed E-state index contributed by atoms with van der Waals surface area (Å²) in [6, 6.07) is 17.8. The Morgan fingerprint density at radius 2 is 1.76 bits per heavy atom. The highest BCUT2D eigenvalue weighted by molar-refractivity contribution is 6.30. The summed E-state index contributed by atoms with van der Waals surface area (Å²) < 4.78 is 0. The molecule has 2 nitrogen and oxygen atoms in total. The lowest BCUT2D eigenvalue weighted by Crippen LogP contribution is -2.35. The topological polar surface area (TPSA) is 20.3 Å². The Bertz CT molecular complexity index is 623. The first kappa shape index (κ1) is 14.2. The molecule has 1 aliphatic heterocycles. The van der Waals surface area contributed by atoms with Crippen LogP contribution in [-0.2, 0) is 0 Å². The fraction of sp³-hybridized carbons (Fsp3) is 0.278. The van der Waals surface area contributed by atoms with Crippen LogP contribution in [0, 0.1) is 0 Å². The lowest BCUT2D eigenvalue weighted by molar-refractivity contribution is 0.0742. The quantitative estimate of drug-likeness (QED) is 0.807. The van der Waals surface area contributed by atoms with Crippen molar-refractivity contribution in [3.05, 3.63) is 70.7 Å². The van der Waals surface area contributed by atoms with Crippen LogP contribution in [0.5, 0.6) is 0 Å². The molecule has 0 saturated carbocycles. The van der Waals surface area contributed by atoms with Crippen LogP contribution < -0.4 is 0 Å². The zero-order chi connectivity index (χ0) is 14.8. The maximum Gasteiger partial charge on any atom is 0.254 e. The van der Waals surface area contributed by atoms with Crippen LogP contribution >= 0.6 is 11.6 Å². The van der Waals surface area contributed by atoms with E-state index in [9.17, 15) is 4.79 Å². The Morgan fingerprint density at radius 1 is 1.10 bits per heavy atom. The molecule has 2 atom stereocenters. The second-order valence-electron chi connectivity index (χ2n) is 5.55. The standard InChI is InChI=1S/C18H18ClNO/c1-13-17(14-5-3-2-4-6-14)11-12-20(13)18(21)15-7-9-16(19)10-8-15/h2-10,13,17H,11-12H2,1H3/t13-,17-/m0/s1. The molecule has 0 aliphatic carbocycles. The van der Waals surface area contributed by atoms with Crippen LogP contribution in [0.2, 0.25) is 5.02 Å². The van der Waals surface area contributed by atoms with E-state index in [4.69, 9.17) is 11.6 Å². The molecule has 2 aromatic carbocycles. The molecule has 21 heavy (non-hydrogen) atoms. The minimum atomic E-state index is 0.0950. The Labute approximate surface area is 130 Å². The van der Waals surface area contributed by atoms with Crippen molar-refractivity contribution in [3.8, 4) is 0 Å². The number of hydrogen-bond acceptors (Lipinski definition) is 1. The minimum Gasteiger partial charge on any atom is -0.335 e. The van der Waals surface area contributed by atoms with Gasteiger partial charge in [-0.25, -0.2) is 0 Å². The van der Waals surface area contributed by atoms with Crippen molar-refractivity contribution in [2.24, 2.45) is 0 Å². The van der Waals surface area contributed by atoms with E-state index in [0.717, 1.165) is 13.0 Å². The Balaban J connectivity index is 1.79. The number of nitrogens with zero attached hydrogens (tertiary/aromatic N) is 1. The van der Waals surface area contributed by atoms with E-state index >= 15 is 0 Å². The number of likely N-dealkylation sites (tertiary alicyclic amines) is 1. The van der Waals surface area contributed by atoms with Gasteiger partial charge in [-0.1, -0.05) is 41.9 Å². The van der Waals surface area contributed by atoms with Crippen LogP contribution in [0.1, 0.15) is 35.2 Å². The molecule has 3 rings (SSSR count). The van der Waals surface area contributed by atoms with E-state index in [1.807, 2.05) is 11.0 Å². The second-order valence-corrected chi connectivity index (χ2v) is 5.99. The van der Waals surface area contributed by atoms with E-state index in [1.54, 1.807) is 24.3 Å². The van der Waals surface area contributed by atoms with E-state index in [1.165, 1.54) is 5.56 Å². The highest BCUT2D eigenvalue weighted by Crippen LogP contribution is 2.34. The number of amides is 1. The summed E-state index contributed by atoms with van der Waals surface area (Å²) >= 11 is 5.88. The van der Waals surface area contributed by atoms with Crippen molar-refractivity contribution < 1.29 is 4.79 Å². The number of halogens is 1. The fourth-order valence-electron chi connectivity index (χ4n) is 3.13. The molecule has 0 bridgehead atoms. The molecule has 0 radical (unpaired) electrons. The summed E-state index contributed by atoms with van der Waals surface area (Å²) in [5.41, 5.74) is 2.02. The molecule has 2 aromatic rings. The fourth-order valence-corrected chi connectivity index (χ4v) is 3.26. The van der Waals surface area contributed by atoms with Gasteiger partial charge in [0.05, 0.1) is 0 Å². The highest BCUT2D eigenvalue weighted by atomic mass is 35.5. The maximum absolute atomic E-state index is 12.6. The van der Waals surface area contributed by atoms with Gasteiger partial charge in [-0.15, -0.1) is 0 Å². The third kappa shape index (κ3) is 2.81. The van der Waals surface area contributed by atoms with Crippen LogP contribution in [0.3, 0.4) is 0 Å². The number of carbonyl (C=O) groups excluding carboxylic acids is 1. The third-order valence-corrected chi connectivity index (χ3v) is 4.59. The average molecular weight is 300 g/mol. The molecule has 1 aliphatic rings. The molecule has 0 N–H and O–H groups in total. The van der Waals surface area contributed by atoms with Gasteiger partial charge in [0.2, 0.25) is 0 Å². The molecule has 0 aromatic heterocycles. The monoisotopic (exact) mass is 299 g/mol. The Morgan fingerprint density at radius 3 is 2.43 bits per heavy atom. The first-order chi connectivity index (χ1) is 10.2. The first-order valence-electron chi connectivity index (χ1n) is 7.28. The zero-order valence-corrected chi connectivity index (χ0v) is 12.8. The van der Waals surface area contributed by atoms with Gasteiger partial charge in [-0.2, -0.15) is 0 Å². The predicted molar refractivity (Wildman–Crippen MR) is 85.8 cm³/mol. The van der Waals surface area contributed by atoms with Crippen LogP contribution in [0.25, 0.3) is 0 Å². The van der Waals surface area contributed by atoms with Crippen LogP contribution in [-0.4, -0.2) is 23.4 Å². The lowest BCUT2D eigenvalue weighted by atomic mass is 9.93. The largest absolute Gasteiger partial charge is 0.335 e. The van der Waals surface area contributed by atoms with Gasteiger partial charge in [-0.05, 0) is 43.2 Å². The summed E-state index contributed by atoms with van der Waals surface area (Å²) in [7, 11) is 0. The normalized spacial score (nSPS) is 21.5. The highest BCUT2D eigenvalue weighted by Gasteiger charge is 2.34. The molecule has 1 saturated heterocycles. The number of carbonyl (C=O) groups is 1. The number of rotatable bonds is 2. The molecule has 1 heterocycles. The average Bonchev–Trinajstić information content (AvgIpc) is 2.90. The molecule has 0 spiro atoms. The van der Waals surface area contributed by atoms with E-state index < -0.39 is 0 Å². The minimum absolute atomic E-state index is 0.0950. The van der Waals surface area contributed by atoms with Crippen LogP contribution in [0.15, 0.2) is 54.6 Å². The van der Waals surface area contributed by atoms with Crippen molar-refractivity contribution in [1.82, 2.24) is 4.90 Å². The number of hydrogen-bond donors (Lipinski definition) is 0. The molecule has 0 unspecified atom stereocenters. The van der Waals surface area contributed by atoms with Gasteiger partial charge in [0, 0.05) is 29.1 Å². The molecular formula is C18H18ClNO. The lowest BCUT2D eigenvalue weighted by Gasteiger charge is -2.25. The third-order valence-electron chi connectivity index (χ3n) is 4.33. The number of benzene rings is 2. The van der Waals surface area contributed by atoms with Gasteiger partial charge in [0.15, 0.2) is 0 Å². The summed E-state index contributed by atoms with van der Waals surface area (Å²) in [4.78, 5) is 14.6. The van der Waals surface area contributed by atoms with Gasteiger partial charge in [0.1, 0.15) is 0 Å². The summed E-state index contributed by atoms with van der Waals surface area (Å²) in [6.07, 6.45) is 1.02. The van der Waals surface area contributed by atoms with Crippen molar-refractivity contribution in [2.75, 3.05) is 6.54 Å².